The Hall–Kier alpha value is -1.79. The van der Waals surface area contributed by atoms with Gasteiger partial charge in [-0.25, -0.2) is 0 Å². The predicted octanol–water partition coefficient (Wildman–Crippen LogP) is 1.57. The molecule has 7 heteroatoms. The fourth-order valence-corrected chi connectivity index (χ4v) is 2.61. The van der Waals surface area contributed by atoms with Gasteiger partial charge in [0.2, 0.25) is 5.78 Å². The molecule has 1 aromatic carbocycles. The lowest BCUT2D eigenvalue weighted by molar-refractivity contribution is -0.116. The first-order valence-electron chi connectivity index (χ1n) is 5.23. The summed E-state index contributed by atoms with van der Waals surface area (Å²) in [7, 11) is -4.01. The molecule has 1 aliphatic carbocycles. The molecule has 0 atom stereocenters. The van der Waals surface area contributed by atoms with Crippen LogP contribution in [0.3, 0.4) is 0 Å². The van der Waals surface area contributed by atoms with E-state index in [0.29, 0.717) is 5.02 Å². The summed E-state index contributed by atoms with van der Waals surface area (Å²) < 4.78 is 27.3. The van der Waals surface area contributed by atoms with Gasteiger partial charge in [-0.05, 0) is 36.4 Å². The van der Waals surface area contributed by atoms with Gasteiger partial charge >= 0.3 is 0 Å². The maximum Gasteiger partial charge on any atom is 0.282 e. The Bertz CT molecular complexity index is 702. The topological polar surface area (TPSA) is 80.6 Å². The van der Waals surface area contributed by atoms with Gasteiger partial charge in [-0.1, -0.05) is 11.6 Å². The number of allylic oxidation sites excluding steroid dienone is 2. The Labute approximate surface area is 114 Å². The van der Waals surface area contributed by atoms with Crippen LogP contribution in [-0.4, -0.2) is 25.7 Å². The number of carbonyl (C=O) groups excluding carboxylic acids is 2. The van der Waals surface area contributed by atoms with Crippen molar-refractivity contribution in [1.82, 2.24) is 0 Å². The highest BCUT2D eigenvalue weighted by molar-refractivity contribution is 7.90. The van der Waals surface area contributed by atoms with Crippen LogP contribution < -0.4 is 0 Å². The van der Waals surface area contributed by atoms with Crippen LogP contribution in [0.1, 0.15) is 6.42 Å². The molecule has 1 aromatic rings. The lowest BCUT2D eigenvalue weighted by atomic mass is 10.0. The Morgan fingerprint density at radius 2 is 1.68 bits per heavy atom. The quantitative estimate of drug-likeness (QED) is 0.830. The standard InChI is InChI=1S/C12H8ClNO4S/c13-8-1-4-10(5-2-8)19(17,18)14-11-7-9(15)3-6-12(11)16/h1-6H,7H2. The maximum atomic E-state index is 11.9. The molecule has 5 nitrogen and oxygen atoms in total. The highest BCUT2D eigenvalue weighted by atomic mass is 35.5. The number of ketones is 2. The van der Waals surface area contributed by atoms with Gasteiger partial charge in [0, 0.05) is 5.02 Å². The number of hydrogen-bond acceptors (Lipinski definition) is 4. The number of rotatable bonds is 2. The average molecular weight is 298 g/mol. The van der Waals surface area contributed by atoms with E-state index in [-0.39, 0.29) is 22.8 Å². The molecule has 0 aromatic heterocycles. The Morgan fingerprint density at radius 1 is 1.05 bits per heavy atom. The molecule has 0 amide bonds. The minimum atomic E-state index is -4.01. The van der Waals surface area contributed by atoms with E-state index in [1.54, 1.807) is 0 Å². The van der Waals surface area contributed by atoms with E-state index in [9.17, 15) is 18.0 Å². The molecule has 1 aliphatic rings. The zero-order valence-corrected chi connectivity index (χ0v) is 11.1. The van der Waals surface area contributed by atoms with E-state index in [0.717, 1.165) is 12.2 Å². The average Bonchev–Trinajstić information content (AvgIpc) is 2.34. The van der Waals surface area contributed by atoms with Gasteiger partial charge in [0.15, 0.2) is 5.78 Å². The molecule has 0 bridgehead atoms. The van der Waals surface area contributed by atoms with Gasteiger partial charge in [0.05, 0.1) is 11.3 Å². The normalized spacial score (nSPS) is 18.1. The van der Waals surface area contributed by atoms with Crippen LogP contribution in [0.2, 0.25) is 5.02 Å². The Balaban J connectivity index is 2.41. The summed E-state index contributed by atoms with van der Waals surface area (Å²) in [4.78, 5) is 22.5. The molecule has 0 saturated heterocycles. The highest BCUT2D eigenvalue weighted by Gasteiger charge is 2.22. The summed E-state index contributed by atoms with van der Waals surface area (Å²) >= 11 is 5.66. The zero-order chi connectivity index (χ0) is 14.0. The molecule has 2 rings (SSSR count). The van der Waals surface area contributed by atoms with Crippen molar-refractivity contribution in [3.8, 4) is 0 Å². The molecule has 0 heterocycles. The van der Waals surface area contributed by atoms with Crippen molar-refractivity contribution in [2.24, 2.45) is 4.40 Å². The molecule has 0 spiro atoms. The summed E-state index contributed by atoms with van der Waals surface area (Å²) in [5.41, 5.74) is -0.276. The summed E-state index contributed by atoms with van der Waals surface area (Å²) in [5, 5.41) is 0.387. The maximum absolute atomic E-state index is 11.9. The number of hydrogen-bond donors (Lipinski definition) is 0. The van der Waals surface area contributed by atoms with Crippen molar-refractivity contribution in [3.05, 3.63) is 41.4 Å². The van der Waals surface area contributed by atoms with E-state index in [1.165, 1.54) is 24.3 Å². The minimum Gasteiger partial charge on any atom is -0.294 e. The fraction of sp³-hybridized carbons (Fsp3) is 0.0833. The molecule has 0 aliphatic heterocycles. The first kappa shape index (κ1) is 13.6. The lowest BCUT2D eigenvalue weighted by Crippen LogP contribution is -2.21. The van der Waals surface area contributed by atoms with Gasteiger partial charge in [-0.3, -0.25) is 9.59 Å². The van der Waals surface area contributed by atoms with E-state index in [4.69, 9.17) is 11.6 Å². The van der Waals surface area contributed by atoms with Crippen LogP contribution in [-0.2, 0) is 19.6 Å². The molecule has 19 heavy (non-hydrogen) atoms. The Morgan fingerprint density at radius 3 is 2.32 bits per heavy atom. The smallest absolute Gasteiger partial charge is 0.282 e. The van der Waals surface area contributed by atoms with Gasteiger partial charge in [-0.2, -0.15) is 12.8 Å². The van der Waals surface area contributed by atoms with Crippen LogP contribution >= 0.6 is 11.6 Å². The number of halogens is 1. The Kier molecular flexibility index (Phi) is 3.64. The molecule has 0 fully saturated rings. The van der Waals surface area contributed by atoms with Crippen LogP contribution in [0.5, 0.6) is 0 Å². The third kappa shape index (κ3) is 3.15. The third-order valence-electron chi connectivity index (χ3n) is 2.39. The van der Waals surface area contributed by atoms with Crippen LogP contribution in [0, 0.1) is 0 Å². The van der Waals surface area contributed by atoms with Crippen molar-refractivity contribution in [2.45, 2.75) is 11.3 Å². The van der Waals surface area contributed by atoms with Crippen LogP contribution in [0.25, 0.3) is 0 Å². The van der Waals surface area contributed by atoms with Crippen LogP contribution in [0.15, 0.2) is 45.7 Å². The number of nitrogens with zero attached hydrogens (tertiary/aromatic N) is 1. The molecule has 98 valence electrons. The number of sulfonamides is 1. The molecule has 0 radical (unpaired) electrons. The third-order valence-corrected chi connectivity index (χ3v) is 3.97. The second-order valence-electron chi connectivity index (χ2n) is 3.81. The van der Waals surface area contributed by atoms with Crippen LogP contribution in [0.4, 0.5) is 0 Å². The molecule has 0 N–H and O–H groups in total. The highest BCUT2D eigenvalue weighted by Crippen LogP contribution is 2.17. The first-order chi connectivity index (χ1) is 8.88. The summed E-state index contributed by atoms with van der Waals surface area (Å²) in [6.45, 7) is 0. The molecular formula is C12H8ClNO4S. The van der Waals surface area contributed by atoms with Crippen molar-refractivity contribution in [1.29, 1.82) is 0 Å². The van der Waals surface area contributed by atoms with E-state index in [2.05, 4.69) is 4.40 Å². The molecular weight excluding hydrogens is 290 g/mol. The largest absolute Gasteiger partial charge is 0.294 e. The summed E-state index contributed by atoms with van der Waals surface area (Å²) in [5.74, 6) is -0.929. The summed E-state index contributed by atoms with van der Waals surface area (Å²) in [6, 6.07) is 5.38. The number of benzene rings is 1. The second kappa shape index (κ2) is 5.07. The van der Waals surface area contributed by atoms with Crippen molar-refractivity contribution < 1.29 is 18.0 Å². The zero-order valence-electron chi connectivity index (χ0n) is 9.54. The second-order valence-corrected chi connectivity index (χ2v) is 5.85. The SMILES string of the molecule is O=C1C=CC(=O)C(=NS(=O)(=O)c2ccc(Cl)cc2)C1. The van der Waals surface area contributed by atoms with E-state index < -0.39 is 15.8 Å². The van der Waals surface area contributed by atoms with E-state index in [1.807, 2.05) is 0 Å². The van der Waals surface area contributed by atoms with Gasteiger partial charge < -0.3 is 0 Å². The molecule has 0 saturated carbocycles. The van der Waals surface area contributed by atoms with Crippen molar-refractivity contribution in [2.75, 3.05) is 0 Å². The van der Waals surface area contributed by atoms with Gasteiger partial charge in [0.25, 0.3) is 10.0 Å². The van der Waals surface area contributed by atoms with E-state index >= 15 is 0 Å². The summed E-state index contributed by atoms with van der Waals surface area (Å²) in [6.07, 6.45) is 1.82. The molecule has 0 unspecified atom stereocenters. The minimum absolute atomic E-state index is 0.0841. The van der Waals surface area contributed by atoms with Crippen molar-refractivity contribution >= 4 is 38.9 Å². The lowest BCUT2D eigenvalue weighted by Gasteiger charge is -2.06. The first-order valence-corrected chi connectivity index (χ1v) is 7.05. The predicted molar refractivity (Wildman–Crippen MR) is 69.8 cm³/mol. The monoisotopic (exact) mass is 297 g/mol. The fourth-order valence-electron chi connectivity index (χ4n) is 1.46. The van der Waals surface area contributed by atoms with Gasteiger partial charge in [0.1, 0.15) is 5.71 Å². The van der Waals surface area contributed by atoms with Crippen molar-refractivity contribution in [3.63, 3.8) is 0 Å². The van der Waals surface area contributed by atoms with Gasteiger partial charge in [-0.15, -0.1) is 0 Å². The number of carbonyl (C=O) groups is 2.